The molecule has 0 atom stereocenters. The lowest BCUT2D eigenvalue weighted by atomic mass is 10.2. The molecule has 1 saturated heterocycles. The zero-order valence-corrected chi connectivity index (χ0v) is 14.5. The average Bonchev–Trinajstić information content (AvgIpc) is 3.09. The Hall–Kier alpha value is -2.12. The summed E-state index contributed by atoms with van der Waals surface area (Å²) in [6, 6.07) is 3.63. The van der Waals surface area contributed by atoms with Crippen molar-refractivity contribution in [2.45, 2.75) is 32.4 Å². The van der Waals surface area contributed by atoms with Crippen LogP contribution in [0.3, 0.4) is 0 Å². The Morgan fingerprint density at radius 3 is 2.52 bits per heavy atom. The molecule has 132 valence electrons. The first kappa shape index (κ1) is 16.4. The first-order valence-corrected chi connectivity index (χ1v) is 9.08. The van der Waals surface area contributed by atoms with E-state index in [1.807, 2.05) is 6.07 Å². The van der Waals surface area contributed by atoms with E-state index in [2.05, 4.69) is 24.9 Å². The molecule has 1 fully saturated rings. The molecule has 0 unspecified atom stereocenters. The number of piperazine rings is 1. The van der Waals surface area contributed by atoms with Crippen molar-refractivity contribution < 1.29 is 0 Å². The molecule has 2 aromatic heterocycles. The SMILES string of the molecule is O=c1cc2c(nn1CCN1CCN(Cc3ncccn3)CC1)CCC2. The Labute approximate surface area is 147 Å². The molecule has 0 N–H and O–H groups in total. The van der Waals surface area contributed by atoms with Crippen molar-refractivity contribution in [3.8, 4) is 0 Å². The third kappa shape index (κ3) is 3.93. The van der Waals surface area contributed by atoms with Gasteiger partial charge < -0.3 is 0 Å². The number of nitrogens with zero attached hydrogens (tertiary/aromatic N) is 6. The number of rotatable bonds is 5. The number of fused-ring (bicyclic) bond motifs is 1. The summed E-state index contributed by atoms with van der Waals surface area (Å²) < 4.78 is 1.65. The zero-order chi connectivity index (χ0) is 17.1. The maximum Gasteiger partial charge on any atom is 0.267 e. The highest BCUT2D eigenvalue weighted by Gasteiger charge is 2.19. The van der Waals surface area contributed by atoms with Crippen molar-refractivity contribution in [1.29, 1.82) is 0 Å². The molecule has 1 aliphatic heterocycles. The van der Waals surface area contributed by atoms with E-state index in [-0.39, 0.29) is 5.56 Å². The summed E-state index contributed by atoms with van der Waals surface area (Å²) in [4.78, 5) is 25.5. The smallest absolute Gasteiger partial charge is 0.267 e. The van der Waals surface area contributed by atoms with Crippen LogP contribution < -0.4 is 5.56 Å². The molecule has 0 saturated carbocycles. The molecule has 7 nitrogen and oxygen atoms in total. The van der Waals surface area contributed by atoms with Gasteiger partial charge in [-0.15, -0.1) is 0 Å². The Morgan fingerprint density at radius 1 is 0.960 bits per heavy atom. The van der Waals surface area contributed by atoms with Gasteiger partial charge in [0, 0.05) is 51.2 Å². The van der Waals surface area contributed by atoms with Gasteiger partial charge in [0.2, 0.25) is 0 Å². The Kier molecular flexibility index (Phi) is 4.85. The summed E-state index contributed by atoms with van der Waals surface area (Å²) in [7, 11) is 0. The molecule has 2 aliphatic rings. The lowest BCUT2D eigenvalue weighted by Crippen LogP contribution is -2.47. The van der Waals surface area contributed by atoms with Gasteiger partial charge in [-0.25, -0.2) is 14.6 Å². The predicted molar refractivity (Wildman–Crippen MR) is 94.3 cm³/mol. The van der Waals surface area contributed by atoms with Crippen LogP contribution in [-0.2, 0) is 25.9 Å². The van der Waals surface area contributed by atoms with E-state index in [1.54, 1.807) is 23.1 Å². The fourth-order valence-electron chi connectivity index (χ4n) is 3.62. The minimum atomic E-state index is 0.0421. The average molecular weight is 340 g/mol. The highest BCUT2D eigenvalue weighted by molar-refractivity contribution is 5.22. The Morgan fingerprint density at radius 2 is 1.72 bits per heavy atom. The van der Waals surface area contributed by atoms with E-state index >= 15 is 0 Å². The fraction of sp³-hybridized carbons (Fsp3) is 0.556. The van der Waals surface area contributed by atoms with Crippen LogP contribution in [0.2, 0.25) is 0 Å². The van der Waals surface area contributed by atoms with Gasteiger partial charge in [0.1, 0.15) is 5.82 Å². The predicted octanol–water partition coefficient (Wildman–Crippen LogP) is 0.340. The van der Waals surface area contributed by atoms with Crippen molar-refractivity contribution in [2.24, 2.45) is 0 Å². The molecule has 2 aromatic rings. The molecule has 0 radical (unpaired) electrons. The van der Waals surface area contributed by atoms with Crippen LogP contribution in [0.15, 0.2) is 29.3 Å². The fourth-order valence-corrected chi connectivity index (χ4v) is 3.62. The van der Waals surface area contributed by atoms with Gasteiger partial charge in [-0.2, -0.15) is 5.10 Å². The molecule has 7 heteroatoms. The van der Waals surface area contributed by atoms with E-state index in [9.17, 15) is 4.79 Å². The number of hydrogen-bond donors (Lipinski definition) is 0. The standard InChI is InChI=1S/C18H24N6O/c25-18-13-15-3-1-4-16(15)21-24(18)12-11-22-7-9-23(10-8-22)14-17-19-5-2-6-20-17/h2,5-6,13H,1,3-4,7-12,14H2. The number of aryl methyl sites for hydroxylation is 2. The number of aromatic nitrogens is 4. The van der Waals surface area contributed by atoms with Crippen LogP contribution >= 0.6 is 0 Å². The van der Waals surface area contributed by atoms with Gasteiger partial charge in [0.05, 0.1) is 18.8 Å². The van der Waals surface area contributed by atoms with E-state index in [0.29, 0.717) is 6.54 Å². The summed E-state index contributed by atoms with van der Waals surface area (Å²) >= 11 is 0. The third-order valence-electron chi connectivity index (χ3n) is 5.10. The van der Waals surface area contributed by atoms with E-state index in [0.717, 1.165) is 75.6 Å². The first-order chi connectivity index (χ1) is 12.3. The van der Waals surface area contributed by atoms with Crippen LogP contribution in [0.25, 0.3) is 0 Å². The van der Waals surface area contributed by atoms with E-state index < -0.39 is 0 Å². The maximum atomic E-state index is 12.2. The highest BCUT2D eigenvalue weighted by atomic mass is 16.1. The topological polar surface area (TPSA) is 67.2 Å². The number of hydrogen-bond acceptors (Lipinski definition) is 6. The molecular formula is C18H24N6O. The minimum absolute atomic E-state index is 0.0421. The van der Waals surface area contributed by atoms with Crippen molar-refractivity contribution in [3.05, 3.63) is 52.0 Å². The largest absolute Gasteiger partial charge is 0.299 e. The highest BCUT2D eigenvalue weighted by Crippen LogP contribution is 2.16. The molecule has 0 bridgehead atoms. The summed E-state index contributed by atoms with van der Waals surface area (Å²) in [5, 5.41) is 4.56. The van der Waals surface area contributed by atoms with Gasteiger partial charge in [-0.3, -0.25) is 14.6 Å². The van der Waals surface area contributed by atoms with Crippen LogP contribution in [-0.4, -0.2) is 62.3 Å². The molecule has 25 heavy (non-hydrogen) atoms. The van der Waals surface area contributed by atoms with Crippen molar-refractivity contribution in [3.63, 3.8) is 0 Å². The lowest BCUT2D eigenvalue weighted by Gasteiger charge is -2.34. The van der Waals surface area contributed by atoms with E-state index in [4.69, 9.17) is 0 Å². The van der Waals surface area contributed by atoms with Gasteiger partial charge in [-0.05, 0) is 30.9 Å². The Bertz CT molecular complexity index is 767. The first-order valence-electron chi connectivity index (χ1n) is 9.08. The molecule has 0 spiro atoms. The van der Waals surface area contributed by atoms with Crippen molar-refractivity contribution in [1.82, 2.24) is 29.5 Å². The quantitative estimate of drug-likeness (QED) is 0.782. The third-order valence-corrected chi connectivity index (χ3v) is 5.10. The zero-order valence-electron chi connectivity index (χ0n) is 14.5. The lowest BCUT2D eigenvalue weighted by molar-refractivity contribution is 0.120. The second-order valence-electron chi connectivity index (χ2n) is 6.81. The van der Waals surface area contributed by atoms with E-state index in [1.165, 1.54) is 0 Å². The van der Waals surface area contributed by atoms with Crippen LogP contribution in [0, 0.1) is 0 Å². The van der Waals surface area contributed by atoms with Gasteiger partial charge >= 0.3 is 0 Å². The molecule has 0 amide bonds. The summed E-state index contributed by atoms with van der Waals surface area (Å²) in [6.07, 6.45) is 6.72. The second kappa shape index (κ2) is 7.41. The normalized spacial score (nSPS) is 18.4. The second-order valence-corrected chi connectivity index (χ2v) is 6.81. The maximum absolute atomic E-state index is 12.2. The molecule has 1 aliphatic carbocycles. The summed E-state index contributed by atoms with van der Waals surface area (Å²) in [5.41, 5.74) is 2.31. The van der Waals surface area contributed by atoms with Crippen LogP contribution in [0.4, 0.5) is 0 Å². The van der Waals surface area contributed by atoms with Gasteiger partial charge in [0.15, 0.2) is 0 Å². The van der Waals surface area contributed by atoms with Crippen LogP contribution in [0.1, 0.15) is 23.5 Å². The minimum Gasteiger partial charge on any atom is -0.299 e. The van der Waals surface area contributed by atoms with Gasteiger partial charge in [-0.1, -0.05) is 0 Å². The van der Waals surface area contributed by atoms with Crippen LogP contribution in [0.5, 0.6) is 0 Å². The summed E-state index contributed by atoms with van der Waals surface area (Å²) in [6.45, 7) is 6.38. The summed E-state index contributed by atoms with van der Waals surface area (Å²) in [5.74, 6) is 0.879. The molecule has 4 rings (SSSR count). The van der Waals surface area contributed by atoms with Crippen molar-refractivity contribution in [2.75, 3.05) is 32.7 Å². The monoisotopic (exact) mass is 340 g/mol. The Balaban J connectivity index is 1.27. The molecule has 0 aromatic carbocycles. The molecule has 3 heterocycles. The van der Waals surface area contributed by atoms with Crippen molar-refractivity contribution >= 4 is 0 Å². The molecular weight excluding hydrogens is 316 g/mol. The van der Waals surface area contributed by atoms with Gasteiger partial charge in [0.25, 0.3) is 5.56 Å².